The lowest BCUT2D eigenvalue weighted by Gasteiger charge is -2.22. The molecule has 5 N–H and O–H groups in total. The maximum Gasteiger partial charge on any atom is 0.321 e. The number of amides is 5. The van der Waals surface area contributed by atoms with E-state index in [0.717, 1.165) is 32.1 Å². The summed E-state index contributed by atoms with van der Waals surface area (Å²) in [4.78, 5) is 47.0. The van der Waals surface area contributed by atoms with Gasteiger partial charge in [-0.3, -0.25) is 14.9 Å². The number of primary amides is 1. The molecule has 2 rings (SSSR count). The Kier molecular flexibility index (Phi) is 8.72. The molecule has 0 heterocycles. The minimum atomic E-state index is -0.833. The van der Waals surface area contributed by atoms with Crippen LogP contribution in [0, 0.1) is 0 Å². The van der Waals surface area contributed by atoms with Crippen molar-refractivity contribution >= 4 is 35.5 Å². The van der Waals surface area contributed by atoms with Crippen LogP contribution in [0.3, 0.4) is 0 Å². The summed E-state index contributed by atoms with van der Waals surface area (Å²) in [5.41, 5.74) is 5.64. The van der Waals surface area contributed by atoms with E-state index in [9.17, 15) is 19.2 Å². The fourth-order valence-corrected chi connectivity index (χ4v) is 3.44. The van der Waals surface area contributed by atoms with E-state index < -0.39 is 36.6 Å². The summed E-state index contributed by atoms with van der Waals surface area (Å²) in [7, 11) is 0. The highest BCUT2D eigenvalue weighted by molar-refractivity contribution is 6.31. The van der Waals surface area contributed by atoms with Crippen molar-refractivity contribution in [2.45, 2.75) is 50.6 Å². The maximum atomic E-state index is 12.1. The van der Waals surface area contributed by atoms with E-state index in [-0.39, 0.29) is 12.5 Å². The van der Waals surface area contributed by atoms with Gasteiger partial charge in [0.15, 0.2) is 6.61 Å². The van der Waals surface area contributed by atoms with Gasteiger partial charge in [0.1, 0.15) is 0 Å². The average molecular weight is 425 g/mol. The Labute approximate surface area is 173 Å². The van der Waals surface area contributed by atoms with Crippen molar-refractivity contribution < 1.29 is 23.9 Å². The first-order chi connectivity index (χ1) is 13.8. The summed E-state index contributed by atoms with van der Waals surface area (Å²) in [6.45, 7) is -0.622. The third kappa shape index (κ3) is 7.98. The van der Waals surface area contributed by atoms with Gasteiger partial charge in [-0.15, -0.1) is 0 Å². The molecule has 158 valence electrons. The van der Waals surface area contributed by atoms with E-state index in [1.54, 1.807) is 24.3 Å². The molecule has 10 heteroatoms. The van der Waals surface area contributed by atoms with Crippen LogP contribution in [0.15, 0.2) is 24.3 Å². The third-order valence-electron chi connectivity index (χ3n) is 4.53. The molecule has 1 saturated carbocycles. The molecule has 1 aliphatic rings. The first-order valence-electron chi connectivity index (χ1n) is 9.41. The Hall–Kier alpha value is -2.81. The van der Waals surface area contributed by atoms with E-state index in [2.05, 4.69) is 16.0 Å². The molecular formula is C19H25ClN4O5. The first kappa shape index (κ1) is 22.5. The number of ether oxygens (including phenoxy) is 1. The molecule has 0 spiro atoms. The second-order valence-electron chi connectivity index (χ2n) is 6.80. The minimum absolute atomic E-state index is 0.0513. The van der Waals surface area contributed by atoms with Crippen LogP contribution in [0.2, 0.25) is 5.02 Å². The van der Waals surface area contributed by atoms with Gasteiger partial charge in [-0.1, -0.05) is 49.1 Å². The summed E-state index contributed by atoms with van der Waals surface area (Å²) in [5, 5.41) is 7.63. The molecule has 1 atom stereocenters. The Balaban J connectivity index is 1.80. The lowest BCUT2D eigenvalue weighted by molar-refractivity contribution is -0.148. The van der Waals surface area contributed by atoms with E-state index in [1.807, 2.05) is 0 Å². The van der Waals surface area contributed by atoms with E-state index >= 15 is 0 Å². The maximum absolute atomic E-state index is 12.1. The topological polar surface area (TPSA) is 140 Å². The zero-order valence-electron chi connectivity index (χ0n) is 15.9. The van der Waals surface area contributed by atoms with Crippen molar-refractivity contribution in [2.24, 2.45) is 5.73 Å². The number of carbonyl (C=O) groups excluding carboxylic acids is 4. The van der Waals surface area contributed by atoms with Crippen molar-refractivity contribution in [3.8, 4) is 0 Å². The SMILES string of the molecule is NC(=O)N[C@@H](CC(=O)OCC(=O)NC(=O)NC1CCCCC1)c1ccccc1Cl. The van der Waals surface area contributed by atoms with E-state index in [0.29, 0.717) is 10.6 Å². The first-order valence-corrected chi connectivity index (χ1v) is 9.79. The van der Waals surface area contributed by atoms with Gasteiger partial charge in [-0.25, -0.2) is 9.59 Å². The molecule has 0 bridgehead atoms. The molecule has 0 saturated heterocycles. The second kappa shape index (κ2) is 11.3. The molecule has 0 aliphatic heterocycles. The van der Waals surface area contributed by atoms with Crippen LogP contribution >= 0.6 is 11.6 Å². The minimum Gasteiger partial charge on any atom is -0.455 e. The summed E-state index contributed by atoms with van der Waals surface area (Å²) in [6, 6.07) is 4.44. The van der Waals surface area contributed by atoms with Crippen molar-refractivity contribution in [1.29, 1.82) is 0 Å². The number of halogens is 1. The number of carbonyl (C=O) groups is 4. The number of urea groups is 2. The van der Waals surface area contributed by atoms with Crippen LogP contribution in [0.5, 0.6) is 0 Å². The summed E-state index contributed by atoms with van der Waals surface area (Å²) < 4.78 is 4.90. The second-order valence-corrected chi connectivity index (χ2v) is 7.21. The van der Waals surface area contributed by atoms with Gasteiger partial charge in [-0.2, -0.15) is 0 Å². The fourth-order valence-electron chi connectivity index (χ4n) is 3.17. The van der Waals surface area contributed by atoms with E-state index in [4.69, 9.17) is 22.1 Å². The predicted molar refractivity (Wildman–Crippen MR) is 106 cm³/mol. The quantitative estimate of drug-likeness (QED) is 0.496. The number of nitrogens with one attached hydrogen (secondary N) is 3. The molecule has 0 unspecified atom stereocenters. The highest BCUT2D eigenvalue weighted by Gasteiger charge is 2.22. The van der Waals surface area contributed by atoms with Crippen molar-refractivity contribution in [1.82, 2.24) is 16.0 Å². The van der Waals surface area contributed by atoms with Gasteiger partial charge in [0.2, 0.25) is 0 Å². The Morgan fingerprint density at radius 2 is 1.83 bits per heavy atom. The number of nitrogens with two attached hydrogens (primary N) is 1. The summed E-state index contributed by atoms with van der Waals surface area (Å²) in [5.74, 6) is -1.50. The molecule has 5 amide bonds. The summed E-state index contributed by atoms with van der Waals surface area (Å²) >= 11 is 6.10. The standard InChI is InChI=1S/C19H25ClN4O5/c20-14-9-5-4-8-13(14)15(23-18(21)27)10-17(26)29-11-16(25)24-19(28)22-12-6-2-1-3-7-12/h4-5,8-9,12,15H,1-3,6-7,10-11H2,(H3,21,23,27)(H2,22,24,25,28)/t15-/m0/s1. The van der Waals surface area contributed by atoms with Gasteiger partial charge >= 0.3 is 18.0 Å². The van der Waals surface area contributed by atoms with Crippen molar-refractivity contribution in [3.05, 3.63) is 34.9 Å². The number of rotatable bonds is 7. The van der Waals surface area contributed by atoms with Gasteiger partial charge < -0.3 is 21.1 Å². The van der Waals surface area contributed by atoms with Gasteiger partial charge in [0.05, 0.1) is 12.5 Å². The number of hydrogen-bond acceptors (Lipinski definition) is 5. The molecule has 0 radical (unpaired) electrons. The highest BCUT2D eigenvalue weighted by Crippen LogP contribution is 2.25. The molecule has 1 fully saturated rings. The smallest absolute Gasteiger partial charge is 0.321 e. The molecule has 9 nitrogen and oxygen atoms in total. The van der Waals surface area contributed by atoms with Gasteiger partial charge in [0.25, 0.3) is 5.91 Å². The number of benzene rings is 1. The number of esters is 1. The Bertz CT molecular complexity index is 752. The Morgan fingerprint density at radius 1 is 1.14 bits per heavy atom. The van der Waals surface area contributed by atoms with Gasteiger partial charge in [-0.05, 0) is 24.5 Å². The van der Waals surface area contributed by atoms with Crippen LogP contribution < -0.4 is 21.7 Å². The van der Waals surface area contributed by atoms with Crippen LogP contribution in [-0.2, 0) is 14.3 Å². The van der Waals surface area contributed by atoms with Crippen LogP contribution in [-0.4, -0.2) is 36.6 Å². The molecule has 29 heavy (non-hydrogen) atoms. The zero-order chi connectivity index (χ0) is 21.2. The van der Waals surface area contributed by atoms with Crippen LogP contribution in [0.4, 0.5) is 9.59 Å². The third-order valence-corrected chi connectivity index (χ3v) is 4.87. The predicted octanol–water partition coefficient (Wildman–Crippen LogP) is 2.14. The summed E-state index contributed by atoms with van der Waals surface area (Å²) in [6.07, 6.45) is 4.72. The molecular weight excluding hydrogens is 400 g/mol. The zero-order valence-corrected chi connectivity index (χ0v) is 16.7. The molecule has 1 aromatic rings. The molecule has 1 aliphatic carbocycles. The fraction of sp³-hybridized carbons (Fsp3) is 0.474. The lowest BCUT2D eigenvalue weighted by atomic mass is 9.96. The average Bonchev–Trinajstić information content (AvgIpc) is 2.66. The van der Waals surface area contributed by atoms with Crippen LogP contribution in [0.25, 0.3) is 0 Å². The molecule has 0 aromatic heterocycles. The van der Waals surface area contributed by atoms with Crippen LogP contribution in [0.1, 0.15) is 50.1 Å². The Morgan fingerprint density at radius 3 is 2.48 bits per heavy atom. The monoisotopic (exact) mass is 424 g/mol. The van der Waals surface area contributed by atoms with E-state index in [1.165, 1.54) is 0 Å². The van der Waals surface area contributed by atoms with Crippen molar-refractivity contribution in [2.75, 3.05) is 6.61 Å². The number of hydrogen-bond donors (Lipinski definition) is 4. The largest absolute Gasteiger partial charge is 0.455 e. The highest BCUT2D eigenvalue weighted by atomic mass is 35.5. The lowest BCUT2D eigenvalue weighted by Crippen LogP contribution is -2.46. The molecule has 1 aromatic carbocycles. The van der Waals surface area contributed by atoms with Crippen molar-refractivity contribution in [3.63, 3.8) is 0 Å². The number of imide groups is 1. The van der Waals surface area contributed by atoms with Gasteiger partial charge in [0, 0.05) is 11.1 Å². The normalized spacial score (nSPS) is 15.1.